The SMILES string of the molecule is CC(=O)Nc1nc(C(=O)N2CCOc3nc(C)ccc32)cs1. The topological polar surface area (TPSA) is 84.4 Å². The van der Waals surface area contributed by atoms with Gasteiger partial charge in [0, 0.05) is 18.0 Å². The van der Waals surface area contributed by atoms with E-state index in [9.17, 15) is 9.59 Å². The Kier molecular flexibility index (Phi) is 3.76. The second-order valence-corrected chi connectivity index (χ2v) is 5.66. The zero-order chi connectivity index (χ0) is 15.7. The van der Waals surface area contributed by atoms with Crippen LogP contribution in [0.4, 0.5) is 10.8 Å². The molecule has 8 heteroatoms. The molecule has 114 valence electrons. The van der Waals surface area contributed by atoms with Gasteiger partial charge >= 0.3 is 0 Å². The van der Waals surface area contributed by atoms with Gasteiger partial charge in [0.15, 0.2) is 5.13 Å². The van der Waals surface area contributed by atoms with Crippen molar-refractivity contribution in [1.82, 2.24) is 9.97 Å². The number of amides is 2. The summed E-state index contributed by atoms with van der Waals surface area (Å²) in [4.78, 5) is 33.7. The molecule has 22 heavy (non-hydrogen) atoms. The molecule has 0 unspecified atom stereocenters. The van der Waals surface area contributed by atoms with Gasteiger partial charge in [0.25, 0.3) is 5.91 Å². The number of pyridine rings is 1. The maximum atomic E-state index is 12.6. The van der Waals surface area contributed by atoms with Gasteiger partial charge in [0.2, 0.25) is 11.8 Å². The first-order valence-corrected chi connectivity index (χ1v) is 7.58. The number of carbonyl (C=O) groups excluding carboxylic acids is 2. The van der Waals surface area contributed by atoms with E-state index < -0.39 is 0 Å². The average Bonchev–Trinajstić information content (AvgIpc) is 2.93. The quantitative estimate of drug-likeness (QED) is 0.913. The van der Waals surface area contributed by atoms with Crippen molar-refractivity contribution in [3.8, 4) is 5.88 Å². The van der Waals surface area contributed by atoms with Crippen molar-refractivity contribution in [3.63, 3.8) is 0 Å². The Morgan fingerprint density at radius 3 is 2.95 bits per heavy atom. The fourth-order valence-corrected chi connectivity index (χ4v) is 2.85. The van der Waals surface area contributed by atoms with Gasteiger partial charge in [0.05, 0.1) is 6.54 Å². The van der Waals surface area contributed by atoms with Crippen LogP contribution in [0.2, 0.25) is 0 Å². The van der Waals surface area contributed by atoms with E-state index in [1.54, 1.807) is 10.3 Å². The number of aryl methyl sites for hydroxylation is 1. The number of hydrogen-bond donors (Lipinski definition) is 1. The van der Waals surface area contributed by atoms with Gasteiger partial charge in [0.1, 0.15) is 18.0 Å². The zero-order valence-electron chi connectivity index (χ0n) is 12.1. The predicted molar refractivity (Wildman–Crippen MR) is 82.6 cm³/mol. The third-order valence-electron chi connectivity index (χ3n) is 3.08. The molecular weight excluding hydrogens is 304 g/mol. The van der Waals surface area contributed by atoms with Crippen molar-refractivity contribution >= 4 is 34.0 Å². The third kappa shape index (κ3) is 2.77. The minimum atomic E-state index is -0.233. The number of hydrogen-bond acceptors (Lipinski definition) is 6. The van der Waals surface area contributed by atoms with Crippen LogP contribution in [0.3, 0.4) is 0 Å². The zero-order valence-corrected chi connectivity index (χ0v) is 12.9. The molecule has 7 nitrogen and oxygen atoms in total. The van der Waals surface area contributed by atoms with E-state index in [0.717, 1.165) is 5.69 Å². The Morgan fingerprint density at radius 1 is 1.36 bits per heavy atom. The summed E-state index contributed by atoms with van der Waals surface area (Å²) in [7, 11) is 0. The molecule has 0 bridgehead atoms. The number of thiazole rings is 1. The number of aromatic nitrogens is 2. The number of nitrogens with one attached hydrogen (secondary N) is 1. The van der Waals surface area contributed by atoms with Gasteiger partial charge in [-0.1, -0.05) is 0 Å². The van der Waals surface area contributed by atoms with E-state index in [1.807, 2.05) is 19.1 Å². The summed E-state index contributed by atoms with van der Waals surface area (Å²) in [5.41, 5.74) is 1.76. The maximum absolute atomic E-state index is 12.6. The number of rotatable bonds is 2. The van der Waals surface area contributed by atoms with Crippen molar-refractivity contribution in [3.05, 3.63) is 28.9 Å². The second-order valence-electron chi connectivity index (χ2n) is 4.80. The number of nitrogens with zero attached hydrogens (tertiary/aromatic N) is 3. The Labute approximate surface area is 130 Å². The Morgan fingerprint density at radius 2 is 2.18 bits per heavy atom. The second kappa shape index (κ2) is 5.72. The molecule has 3 heterocycles. The lowest BCUT2D eigenvalue weighted by atomic mass is 10.2. The fraction of sp³-hybridized carbons (Fsp3) is 0.286. The molecule has 2 aromatic heterocycles. The molecule has 0 saturated heterocycles. The summed E-state index contributed by atoms with van der Waals surface area (Å²) in [6.07, 6.45) is 0. The Hall–Kier alpha value is -2.48. The molecule has 1 N–H and O–H groups in total. The number of ether oxygens (including phenoxy) is 1. The van der Waals surface area contributed by atoms with Crippen molar-refractivity contribution in [2.75, 3.05) is 23.4 Å². The predicted octanol–water partition coefficient (Wildman–Crippen LogP) is 1.84. The third-order valence-corrected chi connectivity index (χ3v) is 3.83. The minimum absolute atomic E-state index is 0.218. The van der Waals surface area contributed by atoms with Gasteiger partial charge in [-0.3, -0.25) is 14.5 Å². The van der Waals surface area contributed by atoms with Crippen molar-refractivity contribution in [1.29, 1.82) is 0 Å². The smallest absolute Gasteiger partial charge is 0.278 e. The molecule has 0 spiro atoms. The highest BCUT2D eigenvalue weighted by atomic mass is 32.1. The van der Waals surface area contributed by atoms with Gasteiger partial charge in [-0.05, 0) is 19.1 Å². The van der Waals surface area contributed by atoms with Crippen molar-refractivity contribution in [2.24, 2.45) is 0 Å². The van der Waals surface area contributed by atoms with Crippen molar-refractivity contribution < 1.29 is 14.3 Å². The standard InChI is InChI=1S/C14H14N4O3S/c1-8-3-4-11-12(15-8)21-6-5-18(11)13(20)10-7-22-14(17-10)16-9(2)19/h3-4,7H,5-6H2,1-2H3,(H,16,17,19). The summed E-state index contributed by atoms with van der Waals surface area (Å²) >= 11 is 1.22. The summed E-state index contributed by atoms with van der Waals surface area (Å²) in [5.74, 6) is 0.00436. The van der Waals surface area contributed by atoms with E-state index in [1.165, 1.54) is 18.3 Å². The Bertz CT molecular complexity index is 743. The van der Waals surface area contributed by atoms with Crippen LogP contribution in [0.25, 0.3) is 0 Å². The lowest BCUT2D eigenvalue weighted by Crippen LogP contribution is -2.38. The van der Waals surface area contributed by atoms with E-state index in [0.29, 0.717) is 35.5 Å². The monoisotopic (exact) mass is 318 g/mol. The molecular formula is C14H14N4O3S. The molecule has 1 aliphatic heterocycles. The van der Waals surface area contributed by atoms with E-state index >= 15 is 0 Å². The first kappa shape index (κ1) is 14.5. The van der Waals surface area contributed by atoms with Crippen molar-refractivity contribution in [2.45, 2.75) is 13.8 Å². The Balaban J connectivity index is 1.87. The van der Waals surface area contributed by atoms with Crippen LogP contribution >= 0.6 is 11.3 Å². The first-order chi connectivity index (χ1) is 10.5. The summed E-state index contributed by atoms with van der Waals surface area (Å²) < 4.78 is 5.50. The van der Waals surface area contributed by atoms with Gasteiger partial charge in [-0.15, -0.1) is 11.3 Å². The summed E-state index contributed by atoms with van der Waals surface area (Å²) in [6, 6.07) is 3.65. The summed E-state index contributed by atoms with van der Waals surface area (Å²) in [5, 5.41) is 4.61. The van der Waals surface area contributed by atoms with Crippen LogP contribution in [0, 0.1) is 6.92 Å². The van der Waals surface area contributed by atoms with E-state index in [-0.39, 0.29) is 11.8 Å². The van der Waals surface area contributed by atoms with Crippen LogP contribution in [-0.2, 0) is 4.79 Å². The van der Waals surface area contributed by atoms with Gasteiger partial charge < -0.3 is 10.1 Å². The van der Waals surface area contributed by atoms with E-state index in [2.05, 4.69) is 15.3 Å². The number of fused-ring (bicyclic) bond motifs is 1. The molecule has 0 aliphatic carbocycles. The molecule has 1 aliphatic rings. The lowest BCUT2D eigenvalue weighted by molar-refractivity contribution is -0.114. The van der Waals surface area contributed by atoms with Crippen LogP contribution in [0.5, 0.6) is 5.88 Å². The number of carbonyl (C=O) groups is 2. The van der Waals surface area contributed by atoms with Crippen LogP contribution in [0.15, 0.2) is 17.5 Å². The maximum Gasteiger partial charge on any atom is 0.278 e. The highest BCUT2D eigenvalue weighted by Crippen LogP contribution is 2.31. The first-order valence-electron chi connectivity index (χ1n) is 6.70. The molecule has 0 radical (unpaired) electrons. The van der Waals surface area contributed by atoms with E-state index in [4.69, 9.17) is 4.74 Å². The van der Waals surface area contributed by atoms with Gasteiger partial charge in [-0.2, -0.15) is 0 Å². The summed E-state index contributed by atoms with van der Waals surface area (Å²) in [6.45, 7) is 4.08. The molecule has 3 rings (SSSR count). The van der Waals surface area contributed by atoms with Gasteiger partial charge in [-0.25, -0.2) is 9.97 Å². The van der Waals surface area contributed by atoms with Crippen LogP contribution in [0.1, 0.15) is 23.1 Å². The number of anilines is 2. The van der Waals surface area contributed by atoms with Crippen LogP contribution in [-0.4, -0.2) is 34.9 Å². The molecule has 0 aromatic carbocycles. The van der Waals surface area contributed by atoms with Crippen LogP contribution < -0.4 is 15.0 Å². The molecule has 0 fully saturated rings. The molecule has 0 saturated carbocycles. The average molecular weight is 318 g/mol. The molecule has 2 aromatic rings. The largest absolute Gasteiger partial charge is 0.474 e. The molecule has 0 atom stereocenters. The fourth-order valence-electron chi connectivity index (χ4n) is 2.12. The lowest BCUT2D eigenvalue weighted by Gasteiger charge is -2.28. The molecule has 2 amide bonds. The minimum Gasteiger partial charge on any atom is -0.474 e. The highest BCUT2D eigenvalue weighted by Gasteiger charge is 2.27. The normalized spacial score (nSPS) is 13.3. The highest BCUT2D eigenvalue weighted by molar-refractivity contribution is 7.14.